The molecule has 0 atom stereocenters. The molecule has 1 heterocycles. The summed E-state index contributed by atoms with van der Waals surface area (Å²) in [6, 6.07) is 11.4. The van der Waals surface area contributed by atoms with E-state index in [1.165, 1.54) is 12.1 Å². The van der Waals surface area contributed by atoms with Crippen molar-refractivity contribution in [3.63, 3.8) is 0 Å². The molecule has 0 spiro atoms. The Kier molecular flexibility index (Phi) is 8.24. The van der Waals surface area contributed by atoms with Crippen LogP contribution in [-0.4, -0.2) is 42.9 Å². The van der Waals surface area contributed by atoms with Crippen molar-refractivity contribution in [2.45, 2.75) is 44.6 Å². The van der Waals surface area contributed by atoms with Gasteiger partial charge in [-0.05, 0) is 55.8 Å². The van der Waals surface area contributed by atoms with E-state index in [1.807, 2.05) is 18.4 Å². The maximum atomic E-state index is 12.5. The standard InChI is InChI=1S/C23H29N5O5S/c1-3-13-28-20-10-9-18(34(24,31)32)14-19(20)27-21(28)11-12-22(29)26-16-5-7-17(8-6-16)33-15-23(30)25-4-2/h5-10,14H,3-4,11-13,15H2,1-2H3,(H,25,30)(H,26,29)(H2,24,31,32). The van der Waals surface area contributed by atoms with Crippen LogP contribution < -0.4 is 20.5 Å². The summed E-state index contributed by atoms with van der Waals surface area (Å²) in [5.74, 6) is 0.843. The number of ether oxygens (including phenoxy) is 1. The van der Waals surface area contributed by atoms with Crippen molar-refractivity contribution in [1.82, 2.24) is 14.9 Å². The Labute approximate surface area is 198 Å². The molecule has 0 saturated carbocycles. The van der Waals surface area contributed by atoms with Crippen molar-refractivity contribution in [3.8, 4) is 5.75 Å². The van der Waals surface area contributed by atoms with Gasteiger partial charge in [0.25, 0.3) is 5.91 Å². The van der Waals surface area contributed by atoms with E-state index in [-0.39, 0.29) is 29.7 Å². The number of hydrogen-bond donors (Lipinski definition) is 3. The molecule has 0 saturated heterocycles. The van der Waals surface area contributed by atoms with E-state index in [9.17, 15) is 18.0 Å². The summed E-state index contributed by atoms with van der Waals surface area (Å²) in [7, 11) is -3.83. The van der Waals surface area contributed by atoms with E-state index in [2.05, 4.69) is 15.6 Å². The summed E-state index contributed by atoms with van der Waals surface area (Å²) in [6.45, 7) is 5.03. The number of carbonyl (C=O) groups is 2. The van der Waals surface area contributed by atoms with Crippen LogP contribution in [0.3, 0.4) is 0 Å². The zero-order valence-corrected chi connectivity index (χ0v) is 20.0. The fraction of sp³-hybridized carbons (Fsp3) is 0.348. The molecular formula is C23H29N5O5S. The summed E-state index contributed by atoms with van der Waals surface area (Å²) in [6.07, 6.45) is 1.44. The van der Waals surface area contributed by atoms with Gasteiger partial charge in [0, 0.05) is 31.6 Å². The van der Waals surface area contributed by atoms with E-state index in [4.69, 9.17) is 9.88 Å². The van der Waals surface area contributed by atoms with Crippen LogP contribution >= 0.6 is 0 Å². The number of carbonyl (C=O) groups excluding carboxylic acids is 2. The summed E-state index contributed by atoms with van der Waals surface area (Å²) in [5, 5.41) is 10.7. The highest BCUT2D eigenvalue weighted by molar-refractivity contribution is 7.89. The SMILES string of the molecule is CCCn1c(CCC(=O)Nc2ccc(OCC(=O)NCC)cc2)nc2cc(S(N)(=O)=O)ccc21. The number of benzene rings is 2. The number of imidazole rings is 1. The van der Waals surface area contributed by atoms with E-state index >= 15 is 0 Å². The zero-order valence-electron chi connectivity index (χ0n) is 19.2. The minimum atomic E-state index is -3.83. The number of primary sulfonamides is 1. The fourth-order valence-corrected chi connectivity index (χ4v) is 4.01. The lowest BCUT2D eigenvalue weighted by Crippen LogP contribution is -2.28. The normalized spacial score (nSPS) is 11.4. The van der Waals surface area contributed by atoms with Crippen LogP contribution in [0.1, 0.15) is 32.5 Å². The Morgan fingerprint density at radius 2 is 1.82 bits per heavy atom. The van der Waals surface area contributed by atoms with Crippen LogP contribution in [0, 0.1) is 0 Å². The monoisotopic (exact) mass is 487 g/mol. The molecule has 34 heavy (non-hydrogen) atoms. The van der Waals surface area contributed by atoms with Gasteiger partial charge < -0.3 is 19.9 Å². The number of rotatable bonds is 11. The van der Waals surface area contributed by atoms with Gasteiger partial charge in [0.1, 0.15) is 11.6 Å². The predicted molar refractivity (Wildman–Crippen MR) is 129 cm³/mol. The first-order valence-corrected chi connectivity index (χ1v) is 12.6. The van der Waals surface area contributed by atoms with Gasteiger partial charge in [0.15, 0.2) is 6.61 Å². The van der Waals surface area contributed by atoms with Crippen LogP contribution in [-0.2, 0) is 32.6 Å². The highest BCUT2D eigenvalue weighted by atomic mass is 32.2. The Bertz CT molecular complexity index is 1270. The van der Waals surface area contributed by atoms with Gasteiger partial charge in [-0.1, -0.05) is 6.92 Å². The van der Waals surface area contributed by atoms with Crippen LogP contribution in [0.4, 0.5) is 5.69 Å². The molecule has 3 rings (SSSR count). The second kappa shape index (κ2) is 11.1. The predicted octanol–water partition coefficient (Wildman–Crippen LogP) is 2.18. The number of aryl methyl sites for hydroxylation is 2. The summed E-state index contributed by atoms with van der Waals surface area (Å²) < 4.78 is 30.7. The minimum Gasteiger partial charge on any atom is -0.484 e. The minimum absolute atomic E-state index is 0.00357. The van der Waals surface area contributed by atoms with E-state index in [0.717, 1.165) is 11.9 Å². The first-order valence-electron chi connectivity index (χ1n) is 11.0. The third kappa shape index (κ3) is 6.55. The molecule has 1 aromatic heterocycles. The molecule has 11 heteroatoms. The Hall–Kier alpha value is -3.44. The van der Waals surface area contributed by atoms with Gasteiger partial charge in [-0.2, -0.15) is 0 Å². The average Bonchev–Trinajstić information content (AvgIpc) is 3.14. The molecule has 2 aromatic carbocycles. The highest BCUT2D eigenvalue weighted by Gasteiger charge is 2.15. The largest absolute Gasteiger partial charge is 0.484 e. The highest BCUT2D eigenvalue weighted by Crippen LogP contribution is 2.22. The first-order chi connectivity index (χ1) is 16.2. The molecule has 0 aliphatic rings. The zero-order chi connectivity index (χ0) is 24.7. The molecule has 2 amide bonds. The van der Waals surface area contributed by atoms with Gasteiger partial charge in [-0.3, -0.25) is 9.59 Å². The van der Waals surface area contributed by atoms with Crippen LogP contribution in [0.5, 0.6) is 5.75 Å². The molecule has 182 valence electrons. The summed E-state index contributed by atoms with van der Waals surface area (Å²) in [4.78, 5) is 28.5. The van der Waals surface area contributed by atoms with Crippen molar-refractivity contribution < 1.29 is 22.7 Å². The smallest absolute Gasteiger partial charge is 0.257 e. The van der Waals surface area contributed by atoms with Crippen molar-refractivity contribution in [2.75, 3.05) is 18.5 Å². The number of sulfonamides is 1. The van der Waals surface area contributed by atoms with Crippen LogP contribution in [0.15, 0.2) is 47.4 Å². The number of fused-ring (bicyclic) bond motifs is 1. The summed E-state index contributed by atoms with van der Waals surface area (Å²) in [5.41, 5.74) is 1.93. The number of hydrogen-bond acceptors (Lipinski definition) is 6. The van der Waals surface area contributed by atoms with Crippen LogP contribution in [0.25, 0.3) is 11.0 Å². The number of amides is 2. The second-order valence-corrected chi connectivity index (χ2v) is 9.25. The third-order valence-electron chi connectivity index (χ3n) is 5.03. The molecular weight excluding hydrogens is 458 g/mol. The van der Waals surface area contributed by atoms with Gasteiger partial charge in [0.2, 0.25) is 15.9 Å². The van der Waals surface area contributed by atoms with E-state index in [0.29, 0.717) is 42.3 Å². The Morgan fingerprint density at radius 3 is 2.47 bits per heavy atom. The molecule has 0 radical (unpaired) electrons. The lowest BCUT2D eigenvalue weighted by molar-refractivity contribution is -0.123. The number of nitrogens with one attached hydrogen (secondary N) is 2. The van der Waals surface area contributed by atoms with E-state index < -0.39 is 10.0 Å². The van der Waals surface area contributed by atoms with Crippen LogP contribution in [0.2, 0.25) is 0 Å². The second-order valence-electron chi connectivity index (χ2n) is 7.69. The van der Waals surface area contributed by atoms with Crippen molar-refractivity contribution in [3.05, 3.63) is 48.3 Å². The lowest BCUT2D eigenvalue weighted by Gasteiger charge is -2.09. The topological polar surface area (TPSA) is 145 Å². The number of nitrogens with two attached hydrogens (primary N) is 1. The van der Waals surface area contributed by atoms with Crippen molar-refractivity contribution in [1.29, 1.82) is 0 Å². The molecule has 0 aliphatic heterocycles. The number of likely N-dealkylation sites (N-methyl/N-ethyl adjacent to an activating group) is 1. The Morgan fingerprint density at radius 1 is 1.09 bits per heavy atom. The maximum Gasteiger partial charge on any atom is 0.257 e. The fourth-order valence-electron chi connectivity index (χ4n) is 3.48. The van der Waals surface area contributed by atoms with Gasteiger partial charge in [-0.25, -0.2) is 18.5 Å². The maximum absolute atomic E-state index is 12.5. The quantitative estimate of drug-likeness (QED) is 0.378. The van der Waals surface area contributed by atoms with Crippen molar-refractivity contribution >= 4 is 38.6 Å². The third-order valence-corrected chi connectivity index (χ3v) is 5.94. The average molecular weight is 488 g/mol. The first kappa shape index (κ1) is 25.2. The molecule has 0 aliphatic carbocycles. The molecule has 3 aromatic rings. The number of anilines is 1. The van der Waals surface area contributed by atoms with Gasteiger partial charge in [0.05, 0.1) is 15.9 Å². The molecule has 10 nitrogen and oxygen atoms in total. The molecule has 0 unspecified atom stereocenters. The van der Waals surface area contributed by atoms with Gasteiger partial charge in [-0.15, -0.1) is 0 Å². The van der Waals surface area contributed by atoms with E-state index in [1.54, 1.807) is 30.3 Å². The number of nitrogens with zero attached hydrogens (tertiary/aromatic N) is 2. The van der Waals surface area contributed by atoms with Crippen molar-refractivity contribution in [2.24, 2.45) is 5.14 Å². The van der Waals surface area contributed by atoms with Gasteiger partial charge >= 0.3 is 0 Å². The molecule has 4 N–H and O–H groups in total. The lowest BCUT2D eigenvalue weighted by atomic mass is 10.2. The molecule has 0 bridgehead atoms. The Balaban J connectivity index is 1.63. The summed E-state index contributed by atoms with van der Waals surface area (Å²) >= 11 is 0. The molecule has 0 fully saturated rings. The number of aromatic nitrogens is 2.